The highest BCUT2D eigenvalue weighted by Gasteiger charge is 2.33. The summed E-state index contributed by atoms with van der Waals surface area (Å²) in [7, 11) is 4.02. The molecule has 1 aliphatic rings. The van der Waals surface area contributed by atoms with Crippen molar-refractivity contribution in [2.75, 3.05) is 33.7 Å². The maximum absolute atomic E-state index is 10.8. The van der Waals surface area contributed by atoms with Crippen molar-refractivity contribution in [3.63, 3.8) is 0 Å². The van der Waals surface area contributed by atoms with Crippen molar-refractivity contribution >= 4 is 11.6 Å². The van der Waals surface area contributed by atoms with Crippen LogP contribution in [0.4, 0.5) is 0 Å². The Morgan fingerprint density at radius 3 is 2.31 bits per heavy atom. The zero-order chi connectivity index (χ0) is 18.6. The van der Waals surface area contributed by atoms with E-state index in [-0.39, 0.29) is 0 Å². The molecule has 5 heteroatoms. The minimum Gasteiger partial charge on any atom is -0.457 e. The molecule has 1 atom stereocenters. The largest absolute Gasteiger partial charge is 0.457 e. The molecule has 1 N–H and O–H groups in total. The van der Waals surface area contributed by atoms with E-state index in [0.29, 0.717) is 18.1 Å². The second-order valence-corrected chi connectivity index (χ2v) is 7.91. The van der Waals surface area contributed by atoms with Crippen LogP contribution in [0.2, 0.25) is 5.02 Å². The van der Waals surface area contributed by atoms with Crippen LogP contribution in [0.25, 0.3) is 0 Å². The van der Waals surface area contributed by atoms with Gasteiger partial charge in [-0.05, 0) is 75.4 Å². The van der Waals surface area contributed by atoms with Crippen LogP contribution in [0.1, 0.15) is 18.4 Å². The number of likely N-dealkylation sites (tertiary alicyclic amines) is 1. The Balaban J connectivity index is 1.57. The van der Waals surface area contributed by atoms with Crippen molar-refractivity contribution in [2.24, 2.45) is 0 Å². The summed E-state index contributed by atoms with van der Waals surface area (Å²) in [6.45, 7) is 3.29. The third-order valence-electron chi connectivity index (χ3n) is 4.62. The Hall–Kier alpha value is -1.59. The van der Waals surface area contributed by atoms with Gasteiger partial charge in [0, 0.05) is 24.7 Å². The van der Waals surface area contributed by atoms with Crippen molar-refractivity contribution in [2.45, 2.75) is 25.0 Å². The summed E-state index contributed by atoms with van der Waals surface area (Å²) in [5.74, 6) is 1.57. The first kappa shape index (κ1) is 19.2. The van der Waals surface area contributed by atoms with E-state index in [0.717, 1.165) is 37.4 Å². The molecule has 4 nitrogen and oxygen atoms in total. The first-order chi connectivity index (χ1) is 12.4. The molecule has 0 spiro atoms. The predicted molar refractivity (Wildman–Crippen MR) is 106 cm³/mol. The topological polar surface area (TPSA) is 35.9 Å². The van der Waals surface area contributed by atoms with Gasteiger partial charge in [0.05, 0.1) is 5.60 Å². The van der Waals surface area contributed by atoms with Crippen LogP contribution in [0.15, 0.2) is 48.5 Å². The van der Waals surface area contributed by atoms with E-state index in [1.165, 1.54) is 5.56 Å². The molecule has 2 aromatic carbocycles. The average Bonchev–Trinajstić information content (AvgIpc) is 2.58. The van der Waals surface area contributed by atoms with E-state index in [1.54, 1.807) is 0 Å². The Bertz CT molecular complexity index is 703. The number of hydrogen-bond acceptors (Lipinski definition) is 4. The number of β-amino-alcohol motifs (C(OH)–C–C–N with tert-alkyl or cyclic N) is 1. The lowest BCUT2D eigenvalue weighted by Crippen LogP contribution is -2.52. The Morgan fingerprint density at radius 2 is 1.69 bits per heavy atom. The summed E-state index contributed by atoms with van der Waals surface area (Å²) in [6.07, 6.45) is 1.90. The van der Waals surface area contributed by atoms with Gasteiger partial charge in [-0.3, -0.25) is 4.90 Å². The summed E-state index contributed by atoms with van der Waals surface area (Å²) < 4.78 is 5.84. The fourth-order valence-corrected chi connectivity index (χ4v) is 3.74. The molecule has 2 aromatic rings. The number of ether oxygens (including phenoxy) is 1. The molecule has 0 radical (unpaired) electrons. The molecule has 26 heavy (non-hydrogen) atoms. The second-order valence-electron chi connectivity index (χ2n) is 7.48. The van der Waals surface area contributed by atoms with Gasteiger partial charge in [-0.15, -0.1) is 0 Å². The van der Waals surface area contributed by atoms with E-state index in [4.69, 9.17) is 16.3 Å². The molecule has 0 aliphatic carbocycles. The number of piperidine rings is 1. The van der Waals surface area contributed by atoms with Gasteiger partial charge in [0.1, 0.15) is 11.5 Å². The predicted octanol–water partition coefficient (Wildman–Crippen LogP) is 4.02. The number of hydrogen-bond donors (Lipinski definition) is 1. The monoisotopic (exact) mass is 374 g/mol. The Labute approximate surface area is 160 Å². The number of likely N-dealkylation sites (N-methyl/N-ethyl adjacent to an activating group) is 1. The van der Waals surface area contributed by atoms with Crippen LogP contribution in [-0.2, 0) is 6.54 Å². The maximum Gasteiger partial charge on any atom is 0.127 e. The van der Waals surface area contributed by atoms with Gasteiger partial charge in [0.2, 0.25) is 0 Å². The zero-order valence-electron chi connectivity index (χ0n) is 15.5. The highest BCUT2D eigenvalue weighted by Crippen LogP contribution is 2.26. The SMILES string of the molecule is CN(C)C[C@]1(O)CCCN(Cc2ccc(Oc3ccc(Cl)cc3)cc2)C1. The molecule has 1 fully saturated rings. The molecular weight excluding hydrogens is 348 g/mol. The van der Waals surface area contributed by atoms with Crippen LogP contribution in [0, 0.1) is 0 Å². The van der Waals surface area contributed by atoms with Crippen molar-refractivity contribution in [3.8, 4) is 11.5 Å². The molecule has 1 heterocycles. The van der Waals surface area contributed by atoms with Gasteiger partial charge < -0.3 is 14.7 Å². The lowest BCUT2D eigenvalue weighted by atomic mass is 9.92. The van der Waals surface area contributed by atoms with Gasteiger partial charge in [0.25, 0.3) is 0 Å². The van der Waals surface area contributed by atoms with Crippen LogP contribution >= 0.6 is 11.6 Å². The summed E-state index contributed by atoms with van der Waals surface area (Å²) in [4.78, 5) is 4.40. The van der Waals surface area contributed by atoms with Crippen molar-refractivity contribution in [3.05, 3.63) is 59.1 Å². The smallest absolute Gasteiger partial charge is 0.127 e. The van der Waals surface area contributed by atoms with E-state index in [2.05, 4.69) is 21.9 Å². The molecule has 0 saturated carbocycles. The maximum atomic E-state index is 10.8. The fraction of sp³-hybridized carbons (Fsp3) is 0.429. The van der Waals surface area contributed by atoms with Gasteiger partial charge in [0.15, 0.2) is 0 Å². The Morgan fingerprint density at radius 1 is 1.08 bits per heavy atom. The number of halogens is 1. The summed E-state index contributed by atoms with van der Waals surface area (Å²) in [6, 6.07) is 15.5. The Kier molecular flexibility index (Phi) is 6.20. The van der Waals surface area contributed by atoms with Crippen LogP contribution in [0.5, 0.6) is 11.5 Å². The highest BCUT2D eigenvalue weighted by atomic mass is 35.5. The van der Waals surface area contributed by atoms with E-state index < -0.39 is 5.60 Å². The molecule has 0 unspecified atom stereocenters. The molecule has 1 aliphatic heterocycles. The highest BCUT2D eigenvalue weighted by molar-refractivity contribution is 6.30. The summed E-state index contributed by atoms with van der Waals surface area (Å²) >= 11 is 5.90. The number of rotatable bonds is 6. The quantitative estimate of drug-likeness (QED) is 0.828. The van der Waals surface area contributed by atoms with Gasteiger partial charge >= 0.3 is 0 Å². The molecule has 3 rings (SSSR count). The van der Waals surface area contributed by atoms with E-state index >= 15 is 0 Å². The zero-order valence-corrected chi connectivity index (χ0v) is 16.2. The van der Waals surface area contributed by atoms with Crippen LogP contribution in [0.3, 0.4) is 0 Å². The minimum absolute atomic E-state index is 0.612. The number of nitrogens with zero attached hydrogens (tertiary/aromatic N) is 2. The molecule has 0 bridgehead atoms. The van der Waals surface area contributed by atoms with Crippen LogP contribution < -0.4 is 4.74 Å². The lowest BCUT2D eigenvalue weighted by Gasteiger charge is -2.40. The molecular formula is C21H27ClN2O2. The normalized spacial score (nSPS) is 21.1. The molecule has 0 amide bonds. The third-order valence-corrected chi connectivity index (χ3v) is 4.88. The van der Waals surface area contributed by atoms with Gasteiger partial charge in [-0.2, -0.15) is 0 Å². The first-order valence-electron chi connectivity index (χ1n) is 9.04. The summed E-state index contributed by atoms with van der Waals surface area (Å²) in [5, 5.41) is 11.5. The average molecular weight is 375 g/mol. The van der Waals surface area contributed by atoms with E-state index in [9.17, 15) is 5.11 Å². The molecule has 140 valence electrons. The van der Waals surface area contributed by atoms with Gasteiger partial charge in [-0.25, -0.2) is 0 Å². The van der Waals surface area contributed by atoms with Gasteiger partial charge in [-0.1, -0.05) is 23.7 Å². The van der Waals surface area contributed by atoms with Crippen molar-refractivity contribution < 1.29 is 9.84 Å². The standard InChI is InChI=1S/C21H27ClN2O2/c1-23(2)15-21(25)12-3-13-24(16-21)14-17-4-8-19(9-5-17)26-20-10-6-18(22)7-11-20/h4-11,25H,3,12-16H2,1-2H3/t21-/m1/s1. The third kappa shape index (κ3) is 5.45. The molecule has 0 aromatic heterocycles. The second kappa shape index (κ2) is 8.40. The van der Waals surface area contributed by atoms with Crippen LogP contribution in [-0.4, -0.2) is 54.2 Å². The number of aliphatic hydroxyl groups is 1. The van der Waals surface area contributed by atoms with Crippen molar-refractivity contribution in [1.29, 1.82) is 0 Å². The number of benzene rings is 2. The fourth-order valence-electron chi connectivity index (χ4n) is 3.62. The molecule has 1 saturated heterocycles. The van der Waals surface area contributed by atoms with E-state index in [1.807, 2.05) is 50.5 Å². The minimum atomic E-state index is -0.612. The van der Waals surface area contributed by atoms with Crippen molar-refractivity contribution in [1.82, 2.24) is 9.80 Å². The first-order valence-corrected chi connectivity index (χ1v) is 9.42. The lowest BCUT2D eigenvalue weighted by molar-refractivity contribution is -0.0479. The summed E-state index contributed by atoms with van der Waals surface area (Å²) in [5.41, 5.74) is 0.613.